The van der Waals surface area contributed by atoms with E-state index in [1.807, 2.05) is 24.3 Å². The Morgan fingerprint density at radius 2 is 1.81 bits per heavy atom. The smallest absolute Gasteiger partial charge is 0.341 e. The molecule has 7 nitrogen and oxygen atoms in total. The number of rotatable bonds is 9. The van der Waals surface area contributed by atoms with Gasteiger partial charge in [-0.15, -0.1) is 0 Å². The van der Waals surface area contributed by atoms with Crippen molar-refractivity contribution in [3.8, 4) is 11.5 Å². The molecule has 2 aromatic rings. The summed E-state index contributed by atoms with van der Waals surface area (Å²) in [6, 6.07) is 14.3. The molecular weight excluding hydrogens is 336 g/mol. The van der Waals surface area contributed by atoms with Gasteiger partial charge in [-0.1, -0.05) is 31.2 Å². The first-order valence-electron chi connectivity index (χ1n) is 8.05. The van der Waals surface area contributed by atoms with E-state index in [0.717, 1.165) is 6.42 Å². The van der Waals surface area contributed by atoms with Gasteiger partial charge in [0.15, 0.2) is 13.2 Å². The van der Waals surface area contributed by atoms with Crippen LogP contribution in [0.25, 0.3) is 0 Å². The lowest BCUT2D eigenvalue weighted by atomic mass is 10.2. The number of ether oxygens (including phenoxy) is 2. The summed E-state index contributed by atoms with van der Waals surface area (Å²) in [6.07, 6.45) is 2.32. The zero-order valence-electron chi connectivity index (χ0n) is 14.3. The van der Waals surface area contributed by atoms with Crippen molar-refractivity contribution in [3.63, 3.8) is 0 Å². The van der Waals surface area contributed by atoms with Crippen molar-refractivity contribution in [1.29, 1.82) is 0 Å². The number of carbonyl (C=O) groups excluding carboxylic acids is 1. The van der Waals surface area contributed by atoms with Gasteiger partial charge >= 0.3 is 5.97 Å². The number of amides is 1. The number of aryl methyl sites for hydroxylation is 1. The van der Waals surface area contributed by atoms with Gasteiger partial charge in [0.2, 0.25) is 0 Å². The number of aliphatic carboxylic acids is 1. The third kappa shape index (κ3) is 6.27. The molecule has 0 aliphatic carbocycles. The number of nitrogens with one attached hydrogen (secondary N) is 1. The number of nitrogens with zero attached hydrogens (tertiary/aromatic N) is 1. The second-order valence-corrected chi connectivity index (χ2v) is 5.30. The monoisotopic (exact) mass is 356 g/mol. The van der Waals surface area contributed by atoms with Crippen LogP contribution in [-0.4, -0.2) is 36.4 Å². The third-order valence-corrected chi connectivity index (χ3v) is 3.36. The van der Waals surface area contributed by atoms with Gasteiger partial charge < -0.3 is 14.6 Å². The minimum atomic E-state index is -1.07. The molecule has 0 saturated heterocycles. The van der Waals surface area contributed by atoms with E-state index in [1.54, 1.807) is 24.3 Å². The summed E-state index contributed by atoms with van der Waals surface area (Å²) < 4.78 is 10.5. The van der Waals surface area contributed by atoms with E-state index >= 15 is 0 Å². The highest BCUT2D eigenvalue weighted by Crippen LogP contribution is 2.15. The van der Waals surface area contributed by atoms with Crippen molar-refractivity contribution in [2.75, 3.05) is 13.2 Å². The Labute approximate surface area is 151 Å². The van der Waals surface area contributed by atoms with E-state index in [2.05, 4.69) is 17.5 Å². The maximum Gasteiger partial charge on any atom is 0.341 e. The molecule has 2 N–H and O–H groups in total. The lowest BCUT2D eigenvalue weighted by Gasteiger charge is -2.07. The molecular formula is C19H20N2O5. The van der Waals surface area contributed by atoms with Crippen LogP contribution in [0, 0.1) is 0 Å². The average Bonchev–Trinajstić information content (AvgIpc) is 2.66. The molecule has 0 bridgehead atoms. The van der Waals surface area contributed by atoms with Gasteiger partial charge in [-0.05, 0) is 36.2 Å². The molecule has 1 amide bonds. The Balaban J connectivity index is 1.83. The van der Waals surface area contributed by atoms with Gasteiger partial charge in [0.1, 0.15) is 11.5 Å². The first-order valence-corrected chi connectivity index (χ1v) is 8.05. The van der Waals surface area contributed by atoms with E-state index in [9.17, 15) is 9.59 Å². The number of hydrogen-bond donors (Lipinski definition) is 2. The minimum Gasteiger partial charge on any atom is -0.484 e. The van der Waals surface area contributed by atoms with Crippen molar-refractivity contribution < 1.29 is 24.2 Å². The van der Waals surface area contributed by atoms with Gasteiger partial charge in [0.25, 0.3) is 5.91 Å². The maximum atomic E-state index is 11.8. The zero-order valence-corrected chi connectivity index (χ0v) is 14.3. The maximum absolute atomic E-state index is 11.8. The molecule has 0 heterocycles. The summed E-state index contributed by atoms with van der Waals surface area (Å²) in [6.45, 7) is 1.44. The van der Waals surface area contributed by atoms with Crippen LogP contribution < -0.4 is 14.9 Å². The van der Waals surface area contributed by atoms with Crippen LogP contribution in [0.1, 0.15) is 18.1 Å². The fourth-order valence-corrected chi connectivity index (χ4v) is 2.03. The fourth-order valence-electron chi connectivity index (χ4n) is 2.03. The van der Waals surface area contributed by atoms with Crippen molar-refractivity contribution in [2.24, 2.45) is 5.10 Å². The molecule has 0 aromatic heterocycles. The fraction of sp³-hybridized carbons (Fsp3) is 0.211. The summed E-state index contributed by atoms with van der Waals surface area (Å²) in [5.74, 6) is -0.521. The molecule has 0 atom stereocenters. The lowest BCUT2D eigenvalue weighted by Crippen LogP contribution is -2.24. The Morgan fingerprint density at radius 3 is 2.50 bits per heavy atom. The van der Waals surface area contributed by atoms with Crippen LogP contribution in [0.2, 0.25) is 0 Å². The number of benzene rings is 2. The zero-order chi connectivity index (χ0) is 18.8. The van der Waals surface area contributed by atoms with E-state index in [-0.39, 0.29) is 6.61 Å². The van der Waals surface area contributed by atoms with Gasteiger partial charge in [-0.25, -0.2) is 10.2 Å². The quantitative estimate of drug-likeness (QED) is 0.530. The van der Waals surface area contributed by atoms with Gasteiger partial charge in [0.05, 0.1) is 6.21 Å². The largest absolute Gasteiger partial charge is 0.484 e. The van der Waals surface area contributed by atoms with Crippen molar-refractivity contribution in [2.45, 2.75) is 13.3 Å². The molecule has 2 aromatic carbocycles. The molecule has 26 heavy (non-hydrogen) atoms. The highest BCUT2D eigenvalue weighted by atomic mass is 16.5. The Hall–Kier alpha value is -3.35. The Morgan fingerprint density at radius 1 is 1.08 bits per heavy atom. The van der Waals surface area contributed by atoms with Gasteiger partial charge in [0, 0.05) is 5.56 Å². The number of carboxylic acids is 1. The van der Waals surface area contributed by atoms with Crippen LogP contribution in [0.5, 0.6) is 11.5 Å². The highest BCUT2D eigenvalue weighted by Gasteiger charge is 2.04. The third-order valence-electron chi connectivity index (χ3n) is 3.36. The first kappa shape index (κ1) is 19.0. The van der Waals surface area contributed by atoms with Crippen molar-refractivity contribution in [1.82, 2.24) is 5.43 Å². The average molecular weight is 356 g/mol. The van der Waals surface area contributed by atoms with Crippen molar-refractivity contribution >= 4 is 18.1 Å². The van der Waals surface area contributed by atoms with E-state index in [1.165, 1.54) is 11.8 Å². The van der Waals surface area contributed by atoms with E-state index < -0.39 is 18.5 Å². The molecule has 136 valence electrons. The van der Waals surface area contributed by atoms with Crippen LogP contribution in [0.4, 0.5) is 0 Å². The van der Waals surface area contributed by atoms with Crippen molar-refractivity contribution in [3.05, 3.63) is 59.7 Å². The molecule has 7 heteroatoms. The Bertz CT molecular complexity index is 772. The molecule has 0 spiro atoms. The summed E-state index contributed by atoms with van der Waals surface area (Å²) in [5, 5.41) is 12.5. The number of carbonyl (C=O) groups is 2. The first-order chi connectivity index (χ1) is 12.6. The molecule has 0 saturated carbocycles. The van der Waals surface area contributed by atoms with Gasteiger partial charge in [-0.2, -0.15) is 5.10 Å². The van der Waals surface area contributed by atoms with Crippen LogP contribution in [0.15, 0.2) is 53.6 Å². The van der Waals surface area contributed by atoms with Gasteiger partial charge in [-0.3, -0.25) is 4.79 Å². The minimum absolute atomic E-state index is 0.167. The van der Waals surface area contributed by atoms with Crippen LogP contribution in [0.3, 0.4) is 0 Å². The molecule has 0 fully saturated rings. The van der Waals surface area contributed by atoms with E-state index in [0.29, 0.717) is 17.1 Å². The second kappa shape index (κ2) is 9.83. The van der Waals surface area contributed by atoms with E-state index in [4.69, 9.17) is 14.6 Å². The molecule has 2 rings (SSSR count). The molecule has 0 aliphatic rings. The lowest BCUT2D eigenvalue weighted by molar-refractivity contribution is -0.139. The SMILES string of the molecule is CCc1ccc(OCC(=O)N/N=C/c2ccccc2OCC(=O)O)cc1. The molecule has 0 radical (unpaired) electrons. The number of para-hydroxylation sites is 1. The number of hydrazone groups is 1. The number of carboxylic acid groups (broad SMARTS) is 1. The summed E-state index contributed by atoms with van der Waals surface area (Å²) in [4.78, 5) is 22.4. The summed E-state index contributed by atoms with van der Waals surface area (Å²) in [5.41, 5.74) is 4.09. The summed E-state index contributed by atoms with van der Waals surface area (Å²) in [7, 11) is 0. The highest BCUT2D eigenvalue weighted by molar-refractivity contribution is 5.85. The summed E-state index contributed by atoms with van der Waals surface area (Å²) >= 11 is 0. The predicted molar refractivity (Wildman–Crippen MR) is 96.6 cm³/mol. The van der Waals surface area contributed by atoms with Crippen LogP contribution >= 0.6 is 0 Å². The van der Waals surface area contributed by atoms with Crippen LogP contribution in [-0.2, 0) is 16.0 Å². The Kier molecular flexibility index (Phi) is 7.17. The molecule has 0 aliphatic heterocycles. The second-order valence-electron chi connectivity index (χ2n) is 5.30. The number of hydrogen-bond acceptors (Lipinski definition) is 5. The topological polar surface area (TPSA) is 97.2 Å². The molecule has 0 unspecified atom stereocenters. The normalized spacial score (nSPS) is 10.5. The predicted octanol–water partition coefficient (Wildman–Crippen LogP) is 2.24. The standard InChI is InChI=1S/C19H20N2O5/c1-2-14-7-9-16(10-8-14)25-12-18(22)21-20-11-15-5-3-4-6-17(15)26-13-19(23)24/h3-11H,2,12-13H2,1H3,(H,21,22)(H,23,24)/b20-11+.